The van der Waals surface area contributed by atoms with Gasteiger partial charge in [-0.2, -0.15) is 5.26 Å². The third-order valence-electron chi connectivity index (χ3n) is 2.97. The van der Waals surface area contributed by atoms with Crippen LogP contribution >= 0.6 is 0 Å². The highest BCUT2D eigenvalue weighted by molar-refractivity contribution is 5.48. The lowest BCUT2D eigenvalue weighted by atomic mass is 9.98. The second kappa shape index (κ2) is 4.72. The molecule has 0 bridgehead atoms. The number of terminal acetylenes is 1. The number of hydrogen-bond donors (Lipinski definition) is 1. The van der Waals surface area contributed by atoms with Gasteiger partial charge in [0, 0.05) is 12.0 Å². The fraction of sp³-hybridized carbons (Fsp3) is 0.400. The Hall–Kier alpha value is -1.97. The summed E-state index contributed by atoms with van der Waals surface area (Å²) < 4.78 is 5.95. The predicted octanol–water partition coefficient (Wildman–Crippen LogP) is 2.19. The zero-order chi connectivity index (χ0) is 13.2. The van der Waals surface area contributed by atoms with Crippen LogP contribution < -0.4 is 10.1 Å². The molecule has 1 aliphatic rings. The topological polar surface area (TPSA) is 45.0 Å². The normalized spacial score (nSPS) is 17.1. The summed E-state index contributed by atoms with van der Waals surface area (Å²) in [6.45, 7) is 4.46. The molecule has 3 heteroatoms. The van der Waals surface area contributed by atoms with E-state index >= 15 is 0 Å². The van der Waals surface area contributed by atoms with Crippen molar-refractivity contribution in [2.75, 3.05) is 6.54 Å². The van der Waals surface area contributed by atoms with E-state index < -0.39 is 6.04 Å². The van der Waals surface area contributed by atoms with Gasteiger partial charge >= 0.3 is 0 Å². The molecule has 92 valence electrons. The fourth-order valence-corrected chi connectivity index (χ4v) is 2.25. The highest BCUT2D eigenvalue weighted by Gasteiger charge is 2.33. The molecule has 0 saturated heterocycles. The van der Waals surface area contributed by atoms with Crippen LogP contribution in [0.5, 0.6) is 5.75 Å². The zero-order valence-electron chi connectivity index (χ0n) is 10.7. The maximum atomic E-state index is 9.23. The highest BCUT2D eigenvalue weighted by atomic mass is 16.5. The second-order valence-corrected chi connectivity index (χ2v) is 5.02. The molecule has 0 saturated carbocycles. The van der Waals surface area contributed by atoms with Crippen LogP contribution in [0.1, 0.15) is 31.0 Å². The Bertz CT molecular complexity index is 534. The van der Waals surface area contributed by atoms with Crippen LogP contribution in [-0.2, 0) is 6.42 Å². The number of hydrogen-bond acceptors (Lipinski definition) is 3. The van der Waals surface area contributed by atoms with Crippen molar-refractivity contribution in [1.29, 1.82) is 5.26 Å². The molecule has 1 aliphatic heterocycles. The van der Waals surface area contributed by atoms with Crippen LogP contribution in [0, 0.1) is 23.7 Å². The van der Waals surface area contributed by atoms with Crippen molar-refractivity contribution >= 4 is 0 Å². The van der Waals surface area contributed by atoms with E-state index in [2.05, 4.69) is 17.3 Å². The van der Waals surface area contributed by atoms with Crippen LogP contribution in [0.3, 0.4) is 0 Å². The summed E-state index contributed by atoms with van der Waals surface area (Å²) in [6.07, 6.45) is 6.08. The van der Waals surface area contributed by atoms with Crippen LogP contribution in [0.2, 0.25) is 0 Å². The molecule has 1 aromatic rings. The zero-order valence-corrected chi connectivity index (χ0v) is 10.7. The van der Waals surface area contributed by atoms with E-state index in [1.165, 1.54) is 0 Å². The smallest absolute Gasteiger partial charge is 0.129 e. The van der Waals surface area contributed by atoms with E-state index in [9.17, 15) is 5.26 Å². The molecule has 1 aromatic carbocycles. The first kappa shape index (κ1) is 12.5. The van der Waals surface area contributed by atoms with Gasteiger partial charge in [-0.1, -0.05) is 24.1 Å². The lowest BCUT2D eigenvalue weighted by molar-refractivity contribution is 0.137. The van der Waals surface area contributed by atoms with Gasteiger partial charge in [-0.3, -0.25) is 5.32 Å². The SMILES string of the molecule is C#CCNC(C#N)c1cccc2c1OC(C)(C)C2. The van der Waals surface area contributed by atoms with Crippen molar-refractivity contribution in [3.63, 3.8) is 0 Å². The Labute approximate surface area is 108 Å². The Kier molecular flexibility index (Phi) is 3.28. The van der Waals surface area contributed by atoms with E-state index in [1.54, 1.807) is 0 Å². The van der Waals surface area contributed by atoms with Gasteiger partial charge in [0.1, 0.15) is 17.4 Å². The van der Waals surface area contributed by atoms with E-state index in [0.717, 1.165) is 23.3 Å². The molecule has 0 radical (unpaired) electrons. The van der Waals surface area contributed by atoms with Gasteiger partial charge in [-0.25, -0.2) is 0 Å². The van der Waals surface area contributed by atoms with Gasteiger partial charge < -0.3 is 4.74 Å². The highest BCUT2D eigenvalue weighted by Crippen LogP contribution is 2.39. The molecular weight excluding hydrogens is 224 g/mol. The first-order chi connectivity index (χ1) is 8.57. The average molecular weight is 240 g/mol. The summed E-state index contributed by atoms with van der Waals surface area (Å²) in [4.78, 5) is 0. The molecule has 1 heterocycles. The minimum atomic E-state index is -0.426. The molecule has 0 aliphatic carbocycles. The minimum absolute atomic E-state index is 0.204. The maximum absolute atomic E-state index is 9.23. The Balaban J connectivity index is 2.34. The summed E-state index contributed by atoms with van der Waals surface area (Å²) in [5, 5.41) is 12.2. The largest absolute Gasteiger partial charge is 0.487 e. The van der Waals surface area contributed by atoms with Crippen molar-refractivity contribution in [1.82, 2.24) is 5.32 Å². The lowest BCUT2D eigenvalue weighted by Crippen LogP contribution is -2.25. The molecule has 1 unspecified atom stereocenters. The lowest BCUT2D eigenvalue weighted by Gasteiger charge is -2.19. The number of rotatable bonds is 3. The summed E-state index contributed by atoms with van der Waals surface area (Å²) in [7, 11) is 0. The first-order valence-electron chi connectivity index (χ1n) is 5.94. The molecule has 1 atom stereocenters. The van der Waals surface area contributed by atoms with Crippen LogP contribution in [0.25, 0.3) is 0 Å². The van der Waals surface area contributed by atoms with E-state index in [1.807, 2.05) is 32.0 Å². The molecule has 0 aromatic heterocycles. The Morgan fingerprint density at radius 3 is 3.00 bits per heavy atom. The number of nitrogens with one attached hydrogen (secondary N) is 1. The minimum Gasteiger partial charge on any atom is -0.487 e. The van der Waals surface area contributed by atoms with E-state index in [4.69, 9.17) is 11.2 Å². The number of nitriles is 1. The molecule has 1 N–H and O–H groups in total. The number of fused-ring (bicyclic) bond motifs is 1. The fourth-order valence-electron chi connectivity index (χ4n) is 2.25. The third-order valence-corrected chi connectivity index (χ3v) is 2.97. The summed E-state index contributed by atoms with van der Waals surface area (Å²) in [6, 6.07) is 7.72. The van der Waals surface area contributed by atoms with Gasteiger partial charge in [0.2, 0.25) is 0 Å². The maximum Gasteiger partial charge on any atom is 0.129 e. The molecule has 0 amide bonds. The van der Waals surface area contributed by atoms with Crippen LogP contribution in [-0.4, -0.2) is 12.1 Å². The van der Waals surface area contributed by atoms with E-state index in [-0.39, 0.29) is 5.60 Å². The summed E-state index contributed by atoms with van der Waals surface area (Å²) in [5.41, 5.74) is 1.82. The number of benzene rings is 1. The van der Waals surface area contributed by atoms with Gasteiger partial charge in [-0.05, 0) is 19.4 Å². The number of ether oxygens (including phenoxy) is 1. The Morgan fingerprint density at radius 2 is 2.33 bits per heavy atom. The quantitative estimate of drug-likeness (QED) is 0.824. The summed E-state index contributed by atoms with van der Waals surface area (Å²) >= 11 is 0. The monoisotopic (exact) mass is 240 g/mol. The molecule has 0 fully saturated rings. The van der Waals surface area contributed by atoms with Crippen molar-refractivity contribution in [2.45, 2.75) is 31.9 Å². The second-order valence-electron chi connectivity index (χ2n) is 5.02. The first-order valence-corrected chi connectivity index (χ1v) is 5.94. The van der Waals surface area contributed by atoms with Crippen molar-refractivity contribution < 1.29 is 4.74 Å². The van der Waals surface area contributed by atoms with Crippen molar-refractivity contribution in [3.8, 4) is 24.2 Å². The molecule has 3 nitrogen and oxygen atoms in total. The molecule has 18 heavy (non-hydrogen) atoms. The van der Waals surface area contributed by atoms with Gasteiger partial charge in [-0.15, -0.1) is 6.42 Å². The predicted molar refractivity (Wildman–Crippen MR) is 70.0 cm³/mol. The number of para-hydroxylation sites is 1. The van der Waals surface area contributed by atoms with Crippen LogP contribution in [0.4, 0.5) is 0 Å². The Morgan fingerprint density at radius 1 is 1.56 bits per heavy atom. The molecule has 2 rings (SSSR count). The standard InChI is InChI=1S/C15H16N2O/c1-4-8-17-13(10-16)12-7-5-6-11-9-15(2,3)18-14(11)12/h1,5-7,13,17H,8-9H2,2-3H3. The van der Waals surface area contributed by atoms with Gasteiger partial charge in [0.05, 0.1) is 12.6 Å². The average Bonchev–Trinajstić information content (AvgIpc) is 2.64. The molecular formula is C15H16N2O. The molecule has 0 spiro atoms. The van der Waals surface area contributed by atoms with Crippen LogP contribution in [0.15, 0.2) is 18.2 Å². The summed E-state index contributed by atoms with van der Waals surface area (Å²) in [5.74, 6) is 3.32. The van der Waals surface area contributed by atoms with E-state index in [0.29, 0.717) is 6.54 Å². The van der Waals surface area contributed by atoms with Crippen molar-refractivity contribution in [2.24, 2.45) is 0 Å². The van der Waals surface area contributed by atoms with Crippen molar-refractivity contribution in [3.05, 3.63) is 29.3 Å². The van der Waals surface area contributed by atoms with Gasteiger partial charge in [0.25, 0.3) is 0 Å². The number of nitrogens with zero attached hydrogens (tertiary/aromatic N) is 1. The van der Waals surface area contributed by atoms with Gasteiger partial charge in [0.15, 0.2) is 0 Å². The third kappa shape index (κ3) is 2.32.